The smallest absolute Gasteiger partial charge is 0.255 e. The first-order valence-corrected chi connectivity index (χ1v) is 9.00. The van der Waals surface area contributed by atoms with Gasteiger partial charge < -0.3 is 25.0 Å². The Hall–Kier alpha value is -2.93. The highest BCUT2D eigenvalue weighted by Gasteiger charge is 2.19. The highest BCUT2D eigenvalue weighted by atomic mass is 35.5. The number of carbonyl (C=O) groups is 2. The van der Waals surface area contributed by atoms with Crippen LogP contribution in [0.4, 0.5) is 11.4 Å². The van der Waals surface area contributed by atoms with Gasteiger partial charge in [0, 0.05) is 24.3 Å². The number of ether oxygens (including phenoxy) is 2. The van der Waals surface area contributed by atoms with E-state index in [-0.39, 0.29) is 18.4 Å². The Morgan fingerprint density at radius 1 is 1.11 bits per heavy atom. The first-order valence-electron chi connectivity index (χ1n) is 8.62. The third kappa shape index (κ3) is 3.78. The van der Waals surface area contributed by atoms with E-state index < -0.39 is 0 Å². The normalized spacial score (nSPS) is 15.9. The Balaban J connectivity index is 1.48. The van der Waals surface area contributed by atoms with E-state index in [4.69, 9.17) is 21.1 Å². The fraction of sp³-hybridized carbons (Fsp3) is 0.263. The summed E-state index contributed by atoms with van der Waals surface area (Å²) in [6.07, 6.45) is 0. The highest BCUT2D eigenvalue weighted by Crippen LogP contribution is 2.32. The van der Waals surface area contributed by atoms with Crippen LogP contribution in [-0.4, -0.2) is 44.7 Å². The van der Waals surface area contributed by atoms with E-state index in [9.17, 15) is 9.59 Å². The van der Waals surface area contributed by atoms with Gasteiger partial charge in [0.1, 0.15) is 13.2 Å². The number of rotatable bonds is 3. The predicted molar refractivity (Wildman–Crippen MR) is 102 cm³/mol. The van der Waals surface area contributed by atoms with Crippen molar-refractivity contribution in [1.82, 2.24) is 5.32 Å². The molecule has 0 aliphatic carbocycles. The van der Waals surface area contributed by atoms with Crippen LogP contribution in [0.3, 0.4) is 0 Å². The maximum absolute atomic E-state index is 12.5. The molecule has 0 unspecified atom stereocenters. The summed E-state index contributed by atoms with van der Waals surface area (Å²) < 4.78 is 11.0. The molecule has 4 rings (SSSR count). The summed E-state index contributed by atoms with van der Waals surface area (Å²) in [7, 11) is 0. The molecule has 0 spiro atoms. The second kappa shape index (κ2) is 7.36. The predicted octanol–water partition coefficient (Wildman–Crippen LogP) is 2.30. The molecule has 1 saturated heterocycles. The van der Waals surface area contributed by atoms with Gasteiger partial charge in [0.05, 0.1) is 17.3 Å². The molecule has 1 fully saturated rings. The molecule has 0 atom stereocenters. The number of carbonyl (C=O) groups excluding carboxylic acids is 2. The van der Waals surface area contributed by atoms with E-state index in [1.807, 2.05) is 4.90 Å². The van der Waals surface area contributed by atoms with Gasteiger partial charge in [0.15, 0.2) is 11.5 Å². The number of piperazine rings is 1. The summed E-state index contributed by atoms with van der Waals surface area (Å²) in [6.45, 7) is 2.50. The van der Waals surface area contributed by atoms with Crippen molar-refractivity contribution in [2.75, 3.05) is 43.1 Å². The van der Waals surface area contributed by atoms with Crippen LogP contribution in [-0.2, 0) is 4.79 Å². The number of hydrogen-bond acceptors (Lipinski definition) is 5. The first kappa shape index (κ1) is 17.5. The van der Waals surface area contributed by atoms with Crippen LogP contribution >= 0.6 is 11.6 Å². The molecule has 0 radical (unpaired) electrons. The van der Waals surface area contributed by atoms with Gasteiger partial charge in [-0.2, -0.15) is 0 Å². The first-order chi connectivity index (χ1) is 13.1. The molecule has 27 heavy (non-hydrogen) atoms. The zero-order valence-corrected chi connectivity index (χ0v) is 15.2. The molecule has 2 aliphatic heterocycles. The van der Waals surface area contributed by atoms with Crippen molar-refractivity contribution in [2.45, 2.75) is 0 Å². The van der Waals surface area contributed by atoms with Crippen LogP contribution in [0.15, 0.2) is 36.4 Å². The van der Waals surface area contributed by atoms with E-state index in [1.54, 1.807) is 36.4 Å². The van der Waals surface area contributed by atoms with Gasteiger partial charge in [-0.1, -0.05) is 11.6 Å². The lowest BCUT2D eigenvalue weighted by Crippen LogP contribution is -2.47. The quantitative estimate of drug-likeness (QED) is 0.844. The molecule has 2 aromatic carbocycles. The Kier molecular flexibility index (Phi) is 4.77. The number of hydrogen-bond donors (Lipinski definition) is 2. The summed E-state index contributed by atoms with van der Waals surface area (Å²) in [6, 6.07) is 10.3. The Morgan fingerprint density at radius 3 is 2.70 bits per heavy atom. The zero-order valence-electron chi connectivity index (χ0n) is 14.5. The zero-order chi connectivity index (χ0) is 18.8. The molecule has 8 heteroatoms. The second-order valence-corrected chi connectivity index (χ2v) is 6.66. The lowest BCUT2D eigenvalue weighted by Gasteiger charge is -2.29. The van der Waals surface area contributed by atoms with Gasteiger partial charge in [0.25, 0.3) is 5.91 Å². The van der Waals surface area contributed by atoms with Crippen molar-refractivity contribution < 1.29 is 19.1 Å². The summed E-state index contributed by atoms with van der Waals surface area (Å²) in [5, 5.41) is 6.08. The van der Waals surface area contributed by atoms with Crippen LogP contribution in [0.5, 0.6) is 11.5 Å². The molecule has 140 valence electrons. The van der Waals surface area contributed by atoms with Crippen LogP contribution in [0.2, 0.25) is 5.02 Å². The van der Waals surface area contributed by atoms with Crippen molar-refractivity contribution in [2.24, 2.45) is 0 Å². The molecule has 2 N–H and O–H groups in total. The minimum Gasteiger partial charge on any atom is -0.486 e. The van der Waals surface area contributed by atoms with Crippen LogP contribution in [0, 0.1) is 0 Å². The third-order valence-electron chi connectivity index (χ3n) is 4.39. The fourth-order valence-electron chi connectivity index (χ4n) is 3.07. The van der Waals surface area contributed by atoms with Gasteiger partial charge >= 0.3 is 0 Å². The third-order valence-corrected chi connectivity index (χ3v) is 4.69. The van der Waals surface area contributed by atoms with Crippen LogP contribution in [0.1, 0.15) is 10.4 Å². The van der Waals surface area contributed by atoms with Gasteiger partial charge in [-0.25, -0.2) is 0 Å². The minimum atomic E-state index is -0.270. The highest BCUT2D eigenvalue weighted by molar-refractivity contribution is 6.33. The van der Waals surface area contributed by atoms with E-state index in [0.29, 0.717) is 54.1 Å². The molecule has 2 amide bonds. The SMILES string of the molecule is O=C1CN(c2ccc(NC(=O)c3ccc4c(c3)OCCO4)cc2Cl)CCN1. The van der Waals surface area contributed by atoms with Gasteiger partial charge in [-0.15, -0.1) is 0 Å². The van der Waals surface area contributed by atoms with Crippen molar-refractivity contribution in [3.05, 3.63) is 47.0 Å². The van der Waals surface area contributed by atoms with Crippen molar-refractivity contribution in [1.29, 1.82) is 0 Å². The van der Waals surface area contributed by atoms with E-state index in [2.05, 4.69) is 10.6 Å². The molecular weight excluding hydrogens is 370 g/mol. The molecule has 2 heterocycles. The molecule has 0 saturated carbocycles. The average Bonchev–Trinajstić information content (AvgIpc) is 2.67. The van der Waals surface area contributed by atoms with Crippen LogP contribution in [0.25, 0.3) is 0 Å². The van der Waals surface area contributed by atoms with Crippen molar-refractivity contribution in [3.63, 3.8) is 0 Å². The monoisotopic (exact) mass is 387 g/mol. The second-order valence-electron chi connectivity index (χ2n) is 6.25. The summed E-state index contributed by atoms with van der Waals surface area (Å²) in [5.41, 5.74) is 1.81. The summed E-state index contributed by atoms with van der Waals surface area (Å²) in [4.78, 5) is 26.0. The van der Waals surface area contributed by atoms with Crippen molar-refractivity contribution in [3.8, 4) is 11.5 Å². The summed E-state index contributed by atoms with van der Waals surface area (Å²) >= 11 is 6.37. The maximum atomic E-state index is 12.5. The van der Waals surface area contributed by atoms with E-state index >= 15 is 0 Å². The standard InChI is InChI=1S/C19H18ClN3O4/c20-14-10-13(2-3-15(14)23-6-5-21-18(24)11-23)22-19(25)12-1-4-16-17(9-12)27-8-7-26-16/h1-4,9-10H,5-8,11H2,(H,21,24)(H,22,25). The number of fused-ring (bicyclic) bond motifs is 1. The lowest BCUT2D eigenvalue weighted by molar-refractivity contribution is -0.120. The lowest BCUT2D eigenvalue weighted by atomic mass is 10.1. The van der Waals surface area contributed by atoms with E-state index in [1.165, 1.54) is 0 Å². The molecule has 0 bridgehead atoms. The Labute approximate surface area is 161 Å². The number of anilines is 2. The molecule has 0 aromatic heterocycles. The molecule has 7 nitrogen and oxygen atoms in total. The van der Waals surface area contributed by atoms with Gasteiger partial charge in [0.2, 0.25) is 5.91 Å². The molecule has 2 aliphatic rings. The fourth-order valence-corrected chi connectivity index (χ4v) is 3.37. The minimum absolute atomic E-state index is 0.0340. The maximum Gasteiger partial charge on any atom is 0.255 e. The molecule has 2 aromatic rings. The largest absolute Gasteiger partial charge is 0.486 e. The average molecular weight is 388 g/mol. The summed E-state index contributed by atoms with van der Waals surface area (Å²) in [5.74, 6) is 0.892. The van der Waals surface area contributed by atoms with Crippen LogP contribution < -0.4 is 25.0 Å². The van der Waals surface area contributed by atoms with Crippen molar-refractivity contribution >= 4 is 34.8 Å². The number of halogens is 1. The molecular formula is C19H18ClN3O4. The number of amides is 2. The topological polar surface area (TPSA) is 79.9 Å². The number of nitrogens with zero attached hydrogens (tertiary/aromatic N) is 1. The number of nitrogens with one attached hydrogen (secondary N) is 2. The Morgan fingerprint density at radius 2 is 1.93 bits per heavy atom. The number of benzene rings is 2. The Bertz CT molecular complexity index is 903. The van der Waals surface area contributed by atoms with Gasteiger partial charge in [-0.3, -0.25) is 9.59 Å². The van der Waals surface area contributed by atoms with E-state index in [0.717, 1.165) is 5.69 Å². The van der Waals surface area contributed by atoms with Gasteiger partial charge in [-0.05, 0) is 36.4 Å².